The van der Waals surface area contributed by atoms with Crippen molar-refractivity contribution in [2.75, 3.05) is 27.4 Å². The van der Waals surface area contributed by atoms with Gasteiger partial charge in [-0.2, -0.15) is 5.10 Å². The number of benzene rings is 3. The summed E-state index contributed by atoms with van der Waals surface area (Å²) in [4.78, 5) is 40.0. The third kappa shape index (κ3) is 4.51. The Labute approximate surface area is 212 Å². The maximum atomic E-state index is 13.4. The van der Waals surface area contributed by atoms with Crippen molar-refractivity contribution in [2.45, 2.75) is 12.5 Å². The number of ether oxygens (including phenoxy) is 3. The van der Waals surface area contributed by atoms with Crippen LogP contribution in [0.1, 0.15) is 33.2 Å². The smallest absolute Gasteiger partial charge is 0.359 e. The number of hydrogen-bond acceptors (Lipinski definition) is 7. The van der Waals surface area contributed by atoms with Crippen LogP contribution in [-0.4, -0.2) is 54.3 Å². The summed E-state index contributed by atoms with van der Waals surface area (Å²) in [6.07, 6.45) is 0.602. The molecule has 1 aromatic heterocycles. The molecule has 0 radical (unpaired) electrons. The topological polar surface area (TPSA) is 111 Å². The van der Waals surface area contributed by atoms with Crippen LogP contribution >= 0.6 is 0 Å². The van der Waals surface area contributed by atoms with E-state index in [1.807, 2.05) is 42.5 Å². The first-order valence-electron chi connectivity index (χ1n) is 11.8. The highest BCUT2D eigenvalue weighted by atomic mass is 16.5. The van der Waals surface area contributed by atoms with Crippen LogP contribution in [0.15, 0.2) is 71.5 Å². The van der Waals surface area contributed by atoms with Crippen molar-refractivity contribution >= 4 is 22.6 Å². The maximum Gasteiger partial charge on any atom is 0.359 e. The lowest BCUT2D eigenvalue weighted by molar-refractivity contribution is -0.136. The lowest BCUT2D eigenvalue weighted by Crippen LogP contribution is -2.42. The average Bonchev–Trinajstić information content (AvgIpc) is 2.95. The Kier molecular flexibility index (Phi) is 6.59. The van der Waals surface area contributed by atoms with Gasteiger partial charge < -0.3 is 19.1 Å². The van der Waals surface area contributed by atoms with Crippen molar-refractivity contribution in [1.29, 1.82) is 0 Å². The summed E-state index contributed by atoms with van der Waals surface area (Å²) in [6, 6.07) is 19.7. The normalized spacial score (nSPS) is 14.6. The molecule has 2 heterocycles. The van der Waals surface area contributed by atoms with Gasteiger partial charge in [-0.3, -0.25) is 9.59 Å². The molecule has 0 bridgehead atoms. The molecular weight excluding hydrogens is 474 g/mol. The van der Waals surface area contributed by atoms with Gasteiger partial charge in [-0.05, 0) is 41.3 Å². The Morgan fingerprint density at radius 2 is 1.65 bits per heavy atom. The number of fused-ring (bicyclic) bond motifs is 2. The monoisotopic (exact) mass is 499 g/mol. The van der Waals surface area contributed by atoms with Gasteiger partial charge in [0.05, 0.1) is 25.6 Å². The van der Waals surface area contributed by atoms with Crippen molar-refractivity contribution in [2.24, 2.45) is 0 Å². The summed E-state index contributed by atoms with van der Waals surface area (Å²) < 4.78 is 16.4. The van der Waals surface area contributed by atoms with Crippen LogP contribution in [0.4, 0.5) is 0 Å². The van der Waals surface area contributed by atoms with E-state index < -0.39 is 24.2 Å². The van der Waals surface area contributed by atoms with Crippen LogP contribution in [0.2, 0.25) is 0 Å². The third-order valence-electron chi connectivity index (χ3n) is 6.53. The quantitative estimate of drug-likeness (QED) is 0.406. The largest absolute Gasteiger partial charge is 0.493 e. The number of rotatable bonds is 6. The molecule has 0 saturated heterocycles. The van der Waals surface area contributed by atoms with E-state index in [4.69, 9.17) is 14.2 Å². The van der Waals surface area contributed by atoms with Crippen molar-refractivity contribution in [1.82, 2.24) is 15.1 Å². The van der Waals surface area contributed by atoms with Gasteiger partial charge in [0, 0.05) is 11.9 Å². The van der Waals surface area contributed by atoms with E-state index in [1.54, 1.807) is 43.4 Å². The zero-order valence-electron chi connectivity index (χ0n) is 20.4. The van der Waals surface area contributed by atoms with Crippen LogP contribution in [0.3, 0.4) is 0 Å². The number of esters is 1. The molecule has 0 aliphatic carbocycles. The van der Waals surface area contributed by atoms with Gasteiger partial charge in [0.2, 0.25) is 0 Å². The second kappa shape index (κ2) is 10.1. The van der Waals surface area contributed by atoms with E-state index in [0.717, 1.165) is 16.7 Å². The fourth-order valence-electron chi connectivity index (χ4n) is 4.76. The van der Waals surface area contributed by atoms with Gasteiger partial charge in [0.25, 0.3) is 11.5 Å². The fraction of sp³-hybridized carbons (Fsp3) is 0.214. The first-order valence-corrected chi connectivity index (χ1v) is 11.8. The number of H-pyrrole nitrogens is 1. The first kappa shape index (κ1) is 24.1. The molecule has 1 aliphatic rings. The Bertz CT molecular complexity index is 1530. The lowest BCUT2D eigenvalue weighted by atomic mass is 9.87. The molecule has 3 aromatic carbocycles. The number of nitrogens with one attached hydrogen (secondary N) is 1. The standard InChI is InChI=1S/C28H25N3O6/c1-35-22-14-18-12-13-31(26(17-8-4-3-5-9-17)21(18)15-23(22)36-2)24(32)16-37-28(34)25-19-10-6-7-11-20(19)27(33)30-29-25/h3-11,14-15,26H,12-13,16H2,1-2H3,(H,30,33). The molecule has 1 aliphatic heterocycles. The fourth-order valence-corrected chi connectivity index (χ4v) is 4.76. The first-order chi connectivity index (χ1) is 18.0. The molecule has 1 amide bonds. The summed E-state index contributed by atoms with van der Waals surface area (Å²) in [7, 11) is 3.16. The maximum absolute atomic E-state index is 13.4. The van der Waals surface area contributed by atoms with E-state index >= 15 is 0 Å². The molecule has 1 N–H and O–H groups in total. The highest BCUT2D eigenvalue weighted by Crippen LogP contribution is 2.41. The van der Waals surface area contributed by atoms with E-state index in [9.17, 15) is 14.4 Å². The van der Waals surface area contributed by atoms with E-state index in [0.29, 0.717) is 35.2 Å². The molecule has 37 heavy (non-hydrogen) atoms. The van der Waals surface area contributed by atoms with Crippen molar-refractivity contribution in [3.05, 3.63) is 99.5 Å². The highest BCUT2D eigenvalue weighted by molar-refractivity contribution is 6.02. The zero-order valence-corrected chi connectivity index (χ0v) is 20.4. The van der Waals surface area contributed by atoms with Crippen LogP contribution in [0.5, 0.6) is 11.5 Å². The number of hydrogen-bond donors (Lipinski definition) is 1. The summed E-state index contributed by atoms with van der Waals surface area (Å²) in [6.45, 7) is -0.0435. The van der Waals surface area contributed by atoms with Gasteiger partial charge in [0.15, 0.2) is 23.8 Å². The molecule has 0 spiro atoms. The summed E-state index contributed by atoms with van der Waals surface area (Å²) in [5.74, 6) is 0.0542. The Balaban J connectivity index is 1.43. The van der Waals surface area contributed by atoms with Crippen LogP contribution in [0.25, 0.3) is 10.8 Å². The minimum Gasteiger partial charge on any atom is -0.493 e. The minimum atomic E-state index is -0.791. The van der Waals surface area contributed by atoms with Crippen LogP contribution < -0.4 is 15.0 Å². The molecule has 0 fully saturated rings. The molecule has 1 atom stereocenters. The van der Waals surface area contributed by atoms with E-state index in [-0.39, 0.29) is 11.6 Å². The molecule has 1 unspecified atom stereocenters. The van der Waals surface area contributed by atoms with Crippen molar-refractivity contribution in [3.63, 3.8) is 0 Å². The summed E-state index contributed by atoms with van der Waals surface area (Å²) in [5.41, 5.74) is 2.43. The van der Waals surface area contributed by atoms with Crippen LogP contribution in [0, 0.1) is 0 Å². The Hall–Kier alpha value is -4.66. The zero-order chi connectivity index (χ0) is 25.9. The second-order valence-corrected chi connectivity index (χ2v) is 8.58. The number of amides is 1. The Morgan fingerprint density at radius 3 is 2.38 bits per heavy atom. The molecule has 188 valence electrons. The van der Waals surface area contributed by atoms with Crippen molar-refractivity contribution < 1.29 is 23.8 Å². The summed E-state index contributed by atoms with van der Waals surface area (Å²) in [5, 5.41) is 6.85. The van der Waals surface area contributed by atoms with Gasteiger partial charge in [-0.1, -0.05) is 48.5 Å². The molecule has 0 saturated carbocycles. The number of aromatic nitrogens is 2. The Morgan fingerprint density at radius 1 is 0.973 bits per heavy atom. The SMILES string of the molecule is COc1cc2c(cc1OC)C(c1ccccc1)N(C(=O)COC(=O)c1n[nH]c(=O)c3ccccc13)CC2. The number of carbonyl (C=O) groups is 2. The number of carbonyl (C=O) groups excluding carboxylic acids is 2. The minimum absolute atomic E-state index is 0.0524. The van der Waals surface area contributed by atoms with Crippen LogP contribution in [-0.2, 0) is 16.0 Å². The van der Waals surface area contributed by atoms with Gasteiger partial charge in [-0.25, -0.2) is 9.89 Å². The third-order valence-corrected chi connectivity index (χ3v) is 6.53. The van der Waals surface area contributed by atoms with Gasteiger partial charge in [0.1, 0.15) is 0 Å². The number of nitrogens with zero attached hydrogens (tertiary/aromatic N) is 2. The second-order valence-electron chi connectivity index (χ2n) is 8.58. The van der Waals surface area contributed by atoms with Gasteiger partial charge in [-0.15, -0.1) is 0 Å². The highest BCUT2D eigenvalue weighted by Gasteiger charge is 2.34. The molecule has 5 rings (SSSR count). The molecule has 9 nitrogen and oxygen atoms in total. The summed E-state index contributed by atoms with van der Waals surface area (Å²) >= 11 is 0. The predicted octanol–water partition coefficient (Wildman–Crippen LogP) is 3.27. The molecular formula is C28H25N3O6. The van der Waals surface area contributed by atoms with Gasteiger partial charge >= 0.3 is 5.97 Å². The van der Waals surface area contributed by atoms with E-state index in [2.05, 4.69) is 10.2 Å². The lowest BCUT2D eigenvalue weighted by Gasteiger charge is -2.38. The van der Waals surface area contributed by atoms with E-state index in [1.165, 1.54) is 0 Å². The molecule has 9 heteroatoms. The molecule has 4 aromatic rings. The average molecular weight is 500 g/mol. The predicted molar refractivity (Wildman–Crippen MR) is 136 cm³/mol. The number of aromatic amines is 1. The van der Waals surface area contributed by atoms with Crippen molar-refractivity contribution in [3.8, 4) is 11.5 Å². The number of methoxy groups -OCH3 is 2.